The van der Waals surface area contributed by atoms with Crippen LogP contribution in [0.25, 0.3) is 10.9 Å². The molecule has 0 unspecified atom stereocenters. The summed E-state index contributed by atoms with van der Waals surface area (Å²) in [5.41, 5.74) is 2.78. The van der Waals surface area contributed by atoms with Gasteiger partial charge in [0.05, 0.1) is 5.52 Å². The number of aromatic nitrogens is 1. The Bertz CT molecular complexity index is 1020. The molecule has 0 bridgehead atoms. The third-order valence-electron chi connectivity index (χ3n) is 6.18. The van der Waals surface area contributed by atoms with Crippen LogP contribution in [0.5, 0.6) is 0 Å². The van der Waals surface area contributed by atoms with E-state index >= 15 is 0 Å². The van der Waals surface area contributed by atoms with Crippen molar-refractivity contribution in [2.24, 2.45) is 11.8 Å². The van der Waals surface area contributed by atoms with Gasteiger partial charge in [0.25, 0.3) is 0 Å². The van der Waals surface area contributed by atoms with E-state index in [9.17, 15) is 9.18 Å². The molecule has 0 spiro atoms. The van der Waals surface area contributed by atoms with Crippen LogP contribution in [-0.2, 0) is 4.79 Å². The highest BCUT2D eigenvalue weighted by Gasteiger charge is 2.30. The predicted molar refractivity (Wildman–Crippen MR) is 127 cm³/mol. The first kappa shape index (κ1) is 25.1. The molecule has 1 fully saturated rings. The number of carbonyl (C=O) groups is 1. The van der Waals surface area contributed by atoms with Gasteiger partial charge >= 0.3 is 0 Å². The number of hydrogen-bond acceptors (Lipinski definition) is 2. The summed E-state index contributed by atoms with van der Waals surface area (Å²) < 4.78 is 13.8. The first-order valence-electron chi connectivity index (χ1n) is 10.1. The molecule has 0 aliphatic heterocycles. The SMILES string of the molecule is C[C@@H](C(=O)Nc1ccc(Cl)cc1)C1CCC(c2ccnc3ccc(F)cc23)CC1.Cl.O. The smallest absolute Gasteiger partial charge is 0.227 e. The number of amides is 1. The molecule has 31 heavy (non-hydrogen) atoms. The van der Waals surface area contributed by atoms with Crippen LogP contribution in [0.2, 0.25) is 5.02 Å². The van der Waals surface area contributed by atoms with E-state index in [1.54, 1.807) is 24.3 Å². The van der Waals surface area contributed by atoms with Crippen LogP contribution in [0.4, 0.5) is 10.1 Å². The lowest BCUT2D eigenvalue weighted by molar-refractivity contribution is -0.121. The fourth-order valence-corrected chi connectivity index (χ4v) is 4.56. The lowest BCUT2D eigenvalue weighted by atomic mass is 9.73. The Labute approximate surface area is 192 Å². The van der Waals surface area contributed by atoms with Gasteiger partial charge < -0.3 is 10.8 Å². The van der Waals surface area contributed by atoms with Crippen LogP contribution in [-0.4, -0.2) is 16.4 Å². The normalized spacial score (nSPS) is 19.1. The molecular weight excluding hydrogens is 438 g/mol. The molecule has 1 saturated carbocycles. The van der Waals surface area contributed by atoms with Crippen molar-refractivity contribution in [3.05, 3.63) is 71.1 Å². The second kappa shape index (κ2) is 10.9. The second-order valence-corrected chi connectivity index (χ2v) is 8.39. The Kier molecular flexibility index (Phi) is 8.80. The molecule has 1 atom stereocenters. The highest BCUT2D eigenvalue weighted by Crippen LogP contribution is 2.41. The first-order chi connectivity index (χ1) is 14.0. The van der Waals surface area contributed by atoms with Gasteiger partial charge in [0.2, 0.25) is 5.91 Å². The summed E-state index contributed by atoms with van der Waals surface area (Å²) in [4.78, 5) is 17.0. The van der Waals surface area contributed by atoms with E-state index in [0.29, 0.717) is 16.9 Å². The number of anilines is 1. The minimum absolute atomic E-state index is 0. The molecule has 3 N–H and O–H groups in total. The summed E-state index contributed by atoms with van der Waals surface area (Å²) >= 11 is 5.90. The van der Waals surface area contributed by atoms with Gasteiger partial charge in [0.1, 0.15) is 5.82 Å². The standard InChI is InChI=1S/C24H24ClFN2O.ClH.H2O/c1-15(24(29)28-20-9-6-18(25)7-10-20)16-2-4-17(5-3-16)21-12-13-27-23-11-8-19(26)14-22(21)23;;/h6-17H,2-5H2,1H3,(H,28,29);1H;1H2/t15-,16?,17?;;/m1../s1. The van der Waals surface area contributed by atoms with Crippen LogP contribution in [0.15, 0.2) is 54.7 Å². The summed E-state index contributed by atoms with van der Waals surface area (Å²) in [6.45, 7) is 2.01. The third kappa shape index (κ3) is 5.73. The molecule has 0 radical (unpaired) electrons. The zero-order valence-corrected chi connectivity index (χ0v) is 18.8. The largest absolute Gasteiger partial charge is 0.412 e. The van der Waals surface area contributed by atoms with Crippen molar-refractivity contribution in [2.45, 2.75) is 38.5 Å². The minimum atomic E-state index is -0.229. The molecule has 0 saturated heterocycles. The zero-order valence-electron chi connectivity index (χ0n) is 17.3. The van der Waals surface area contributed by atoms with Gasteiger partial charge in [-0.25, -0.2) is 4.39 Å². The maximum Gasteiger partial charge on any atom is 0.227 e. The van der Waals surface area contributed by atoms with E-state index in [2.05, 4.69) is 10.3 Å². The minimum Gasteiger partial charge on any atom is -0.412 e. The van der Waals surface area contributed by atoms with Gasteiger partial charge in [-0.05, 0) is 91.6 Å². The Morgan fingerprint density at radius 3 is 2.45 bits per heavy atom. The number of pyridine rings is 1. The van der Waals surface area contributed by atoms with Crippen molar-refractivity contribution < 1.29 is 14.7 Å². The molecule has 7 heteroatoms. The van der Waals surface area contributed by atoms with Crippen LogP contribution >= 0.6 is 24.0 Å². The molecule has 3 aromatic rings. The monoisotopic (exact) mass is 464 g/mol. The summed E-state index contributed by atoms with van der Waals surface area (Å²) in [5, 5.41) is 4.55. The number of rotatable bonds is 4. The molecule has 4 nitrogen and oxygen atoms in total. The summed E-state index contributed by atoms with van der Waals surface area (Å²) in [6.07, 6.45) is 5.78. The average molecular weight is 465 g/mol. The molecular formula is C24H27Cl2FN2O2. The lowest BCUT2D eigenvalue weighted by Crippen LogP contribution is -2.29. The quantitative estimate of drug-likeness (QED) is 0.500. The second-order valence-electron chi connectivity index (χ2n) is 7.96. The van der Waals surface area contributed by atoms with Crippen molar-refractivity contribution in [3.8, 4) is 0 Å². The lowest BCUT2D eigenvalue weighted by Gasteiger charge is -2.32. The highest BCUT2D eigenvalue weighted by atomic mass is 35.5. The number of fused-ring (bicyclic) bond motifs is 1. The number of nitrogens with one attached hydrogen (secondary N) is 1. The Morgan fingerprint density at radius 1 is 1.10 bits per heavy atom. The van der Waals surface area contributed by atoms with Gasteiger partial charge in [0.15, 0.2) is 0 Å². The van der Waals surface area contributed by atoms with Gasteiger partial charge in [-0.3, -0.25) is 9.78 Å². The fraction of sp³-hybridized carbons (Fsp3) is 0.333. The Morgan fingerprint density at radius 2 is 1.77 bits per heavy atom. The van der Waals surface area contributed by atoms with Crippen molar-refractivity contribution in [2.75, 3.05) is 5.32 Å². The van der Waals surface area contributed by atoms with Crippen molar-refractivity contribution in [1.82, 2.24) is 4.98 Å². The number of halogens is 3. The van der Waals surface area contributed by atoms with Crippen molar-refractivity contribution >= 4 is 46.5 Å². The van der Waals surface area contributed by atoms with Gasteiger partial charge in [-0.15, -0.1) is 12.4 Å². The summed E-state index contributed by atoms with van der Waals surface area (Å²) in [5.74, 6) is 0.492. The van der Waals surface area contributed by atoms with Gasteiger partial charge in [-0.2, -0.15) is 0 Å². The molecule has 4 rings (SSSR count). The third-order valence-corrected chi connectivity index (χ3v) is 6.43. The molecule has 1 aliphatic carbocycles. The van der Waals surface area contributed by atoms with Crippen LogP contribution in [0, 0.1) is 17.7 Å². The number of hydrogen-bond donors (Lipinski definition) is 1. The van der Waals surface area contributed by atoms with Crippen LogP contribution in [0.3, 0.4) is 0 Å². The first-order valence-corrected chi connectivity index (χ1v) is 10.5. The van der Waals surface area contributed by atoms with Crippen LogP contribution < -0.4 is 5.32 Å². The van der Waals surface area contributed by atoms with E-state index in [-0.39, 0.29) is 35.5 Å². The topological polar surface area (TPSA) is 73.5 Å². The Hall–Kier alpha value is -2.21. The Balaban J connectivity index is 0.00000171. The van der Waals surface area contributed by atoms with E-state index in [4.69, 9.17) is 11.6 Å². The van der Waals surface area contributed by atoms with Gasteiger partial charge in [0, 0.05) is 28.2 Å². The number of benzene rings is 2. The summed E-state index contributed by atoms with van der Waals surface area (Å²) in [6, 6.07) is 14.0. The number of carbonyl (C=O) groups excluding carboxylic acids is 1. The number of nitrogens with zero attached hydrogens (tertiary/aromatic N) is 1. The van der Waals surface area contributed by atoms with Gasteiger partial charge in [-0.1, -0.05) is 18.5 Å². The molecule has 2 aromatic carbocycles. The van der Waals surface area contributed by atoms with Crippen LogP contribution in [0.1, 0.15) is 44.1 Å². The van der Waals surface area contributed by atoms with Crippen molar-refractivity contribution in [1.29, 1.82) is 0 Å². The van der Waals surface area contributed by atoms with Crippen molar-refractivity contribution in [3.63, 3.8) is 0 Å². The molecule has 1 heterocycles. The van der Waals surface area contributed by atoms with E-state index < -0.39 is 0 Å². The maximum atomic E-state index is 13.8. The highest BCUT2D eigenvalue weighted by molar-refractivity contribution is 6.30. The zero-order chi connectivity index (χ0) is 20.4. The molecule has 1 aromatic heterocycles. The average Bonchev–Trinajstić information content (AvgIpc) is 2.74. The molecule has 1 amide bonds. The predicted octanol–water partition coefficient (Wildman–Crippen LogP) is 6.17. The molecule has 1 aliphatic rings. The molecule has 166 valence electrons. The van der Waals surface area contributed by atoms with E-state index in [1.807, 2.05) is 31.3 Å². The maximum absolute atomic E-state index is 13.8. The van der Waals surface area contributed by atoms with E-state index in [0.717, 1.165) is 42.3 Å². The summed E-state index contributed by atoms with van der Waals surface area (Å²) in [7, 11) is 0. The van der Waals surface area contributed by atoms with E-state index in [1.165, 1.54) is 11.6 Å². The fourth-order valence-electron chi connectivity index (χ4n) is 4.43.